The third-order valence-corrected chi connectivity index (χ3v) is 3.60. The molecule has 0 rings (SSSR count). The molecule has 0 saturated heterocycles. The van der Waals surface area contributed by atoms with Gasteiger partial charge >= 0.3 is 0 Å². The predicted molar refractivity (Wildman–Crippen MR) is 112 cm³/mol. The summed E-state index contributed by atoms with van der Waals surface area (Å²) in [6, 6.07) is 0. The van der Waals surface area contributed by atoms with Crippen molar-refractivity contribution in [1.82, 2.24) is 0 Å². The van der Waals surface area contributed by atoms with Crippen molar-refractivity contribution in [1.29, 1.82) is 0 Å². The van der Waals surface area contributed by atoms with E-state index in [9.17, 15) is 0 Å². The van der Waals surface area contributed by atoms with Crippen LogP contribution in [0.3, 0.4) is 0 Å². The lowest BCUT2D eigenvalue weighted by atomic mass is 10.3. The van der Waals surface area contributed by atoms with Crippen molar-refractivity contribution in [2.45, 2.75) is 52.4 Å². The number of carboxylic acid groups (broad SMARTS) is 2. The van der Waals surface area contributed by atoms with E-state index >= 15 is 0 Å². The second-order valence-corrected chi connectivity index (χ2v) is 8.92. The van der Waals surface area contributed by atoms with Gasteiger partial charge in [-0.3, -0.25) is 0 Å². The average molecular weight is 409 g/mol. The Hall–Kier alpha value is -0.890. The number of nitrogens with zero attached hydrogens (tertiary/aromatic N) is 2. The summed E-state index contributed by atoms with van der Waals surface area (Å²) in [6.07, 6.45) is 5.24. The van der Waals surface area contributed by atoms with Gasteiger partial charge in [0.25, 0.3) is 0 Å². The van der Waals surface area contributed by atoms with Crippen LogP contribution in [0.1, 0.15) is 52.4 Å². The zero-order valence-electron chi connectivity index (χ0n) is 19.9. The maximum absolute atomic E-state index is 8.33. The van der Waals surface area contributed by atoms with Crippen LogP contribution in [0.4, 0.5) is 4.79 Å². The van der Waals surface area contributed by atoms with Crippen molar-refractivity contribution in [3.63, 3.8) is 0 Å². The van der Waals surface area contributed by atoms with Crippen LogP contribution in [0.5, 0.6) is 0 Å². The van der Waals surface area contributed by atoms with Crippen LogP contribution in [0.25, 0.3) is 0 Å². The van der Waals surface area contributed by atoms with Gasteiger partial charge in [0.15, 0.2) is 0 Å². The Kier molecular flexibility index (Phi) is 23.7. The first-order valence-corrected chi connectivity index (χ1v) is 10.5. The van der Waals surface area contributed by atoms with Gasteiger partial charge in [-0.1, -0.05) is 39.5 Å². The van der Waals surface area contributed by atoms with Crippen molar-refractivity contribution < 1.29 is 33.4 Å². The molecule has 0 heterocycles. The Labute approximate surface area is 174 Å². The largest absolute Gasteiger partial charge is 0.652 e. The summed E-state index contributed by atoms with van der Waals surface area (Å²) in [5.74, 6) is 0. The van der Waals surface area contributed by atoms with Crippen molar-refractivity contribution >= 4 is 6.16 Å². The van der Waals surface area contributed by atoms with Gasteiger partial charge in [-0.2, -0.15) is 0 Å². The lowest BCUT2D eigenvalue weighted by Crippen LogP contribution is -2.37. The zero-order valence-corrected chi connectivity index (χ0v) is 19.9. The molecule has 0 unspecified atom stereocenters. The van der Waals surface area contributed by atoms with Crippen LogP contribution in [0.15, 0.2) is 0 Å². The van der Waals surface area contributed by atoms with Crippen LogP contribution in [0, 0.1) is 0 Å². The molecule has 7 nitrogen and oxygen atoms in total. The van der Waals surface area contributed by atoms with Crippen molar-refractivity contribution in [2.24, 2.45) is 0 Å². The van der Waals surface area contributed by atoms with Gasteiger partial charge in [0.1, 0.15) is 13.1 Å². The SMILES string of the molecule is CCCCCOCC[N+](C)(C)C.CCCCCOCC[N+](C)(C)C.O=C([O-])[O-]. The van der Waals surface area contributed by atoms with Gasteiger partial charge in [0.05, 0.1) is 55.5 Å². The van der Waals surface area contributed by atoms with E-state index < -0.39 is 6.16 Å². The minimum Gasteiger partial charge on any atom is -0.652 e. The summed E-state index contributed by atoms with van der Waals surface area (Å²) in [6.45, 7) is 10.3. The van der Waals surface area contributed by atoms with Crippen LogP contribution >= 0.6 is 0 Å². The second kappa shape index (κ2) is 20.8. The fourth-order valence-electron chi connectivity index (χ4n) is 1.79. The van der Waals surface area contributed by atoms with E-state index in [1.807, 2.05) is 0 Å². The van der Waals surface area contributed by atoms with E-state index in [0.717, 1.165) is 48.5 Å². The van der Waals surface area contributed by atoms with Gasteiger partial charge in [0.2, 0.25) is 0 Å². The zero-order chi connectivity index (χ0) is 22.5. The first-order valence-electron chi connectivity index (χ1n) is 10.5. The van der Waals surface area contributed by atoms with Gasteiger partial charge in [-0.15, -0.1) is 0 Å². The third-order valence-electron chi connectivity index (χ3n) is 3.60. The molecule has 28 heavy (non-hydrogen) atoms. The van der Waals surface area contributed by atoms with E-state index in [1.165, 1.54) is 38.5 Å². The number of carbonyl (C=O) groups is 1. The van der Waals surface area contributed by atoms with E-state index in [0.29, 0.717) is 0 Å². The van der Waals surface area contributed by atoms with Crippen LogP contribution in [0.2, 0.25) is 0 Å². The fraction of sp³-hybridized carbons (Fsp3) is 0.952. The van der Waals surface area contributed by atoms with E-state index in [4.69, 9.17) is 24.5 Å². The van der Waals surface area contributed by atoms with Gasteiger partial charge < -0.3 is 33.4 Å². The van der Waals surface area contributed by atoms with Crippen molar-refractivity contribution in [3.8, 4) is 0 Å². The summed E-state index contributed by atoms with van der Waals surface area (Å²) in [7, 11) is 13.1. The monoisotopic (exact) mass is 408 g/mol. The third kappa shape index (κ3) is 49.9. The molecule has 0 aromatic carbocycles. The summed E-state index contributed by atoms with van der Waals surface area (Å²) in [5, 5.41) is 16.7. The topological polar surface area (TPSA) is 81.7 Å². The normalized spacial score (nSPS) is 11.1. The summed E-state index contributed by atoms with van der Waals surface area (Å²) >= 11 is 0. The Bertz CT molecular complexity index is 296. The van der Waals surface area contributed by atoms with E-state index in [2.05, 4.69) is 56.1 Å². The molecule has 0 aliphatic rings. The van der Waals surface area contributed by atoms with Gasteiger partial charge in [-0.25, -0.2) is 0 Å². The number of likely N-dealkylation sites (N-methyl/N-ethyl adjacent to an activating group) is 2. The Morgan fingerprint density at radius 2 is 0.929 bits per heavy atom. The number of ether oxygens (including phenoxy) is 2. The molecule has 0 saturated carbocycles. The predicted octanol–water partition coefficient (Wildman–Crippen LogP) is 1.35. The smallest absolute Gasteiger partial charge is 0.102 e. The number of rotatable bonds is 14. The van der Waals surface area contributed by atoms with Crippen LogP contribution < -0.4 is 10.2 Å². The van der Waals surface area contributed by atoms with Gasteiger partial charge in [0, 0.05) is 13.2 Å². The quantitative estimate of drug-likeness (QED) is 0.320. The minimum absolute atomic E-state index is 0.896. The molecule has 0 aromatic rings. The van der Waals surface area contributed by atoms with Gasteiger partial charge in [-0.05, 0) is 19.0 Å². The number of quaternary nitrogens is 2. The molecule has 7 heteroatoms. The maximum Gasteiger partial charge on any atom is 0.102 e. The standard InChI is InChI=1S/2C10H24NO.CH2O3/c2*1-5-6-7-9-12-10-8-11(2,3)4;2-1(3)4/h2*5-10H2,1-4H3;(H2,2,3,4)/q2*+1;/p-2. The molecular formula is C21H48N2O5. The average Bonchev–Trinajstić information content (AvgIpc) is 2.52. The highest BCUT2D eigenvalue weighted by molar-refractivity contribution is 5.47. The van der Waals surface area contributed by atoms with E-state index in [1.54, 1.807) is 0 Å². The number of hydrogen-bond acceptors (Lipinski definition) is 5. The molecule has 0 spiro atoms. The number of unbranched alkanes of at least 4 members (excludes halogenated alkanes) is 4. The molecule has 0 amide bonds. The summed E-state index contributed by atoms with van der Waals surface area (Å²) in [5.41, 5.74) is 0. The molecule has 0 fully saturated rings. The molecule has 0 radical (unpaired) electrons. The first kappa shape index (κ1) is 31.8. The highest BCUT2D eigenvalue weighted by Gasteiger charge is 2.05. The number of carbonyl (C=O) groups excluding carboxylic acids is 1. The number of hydrogen-bond donors (Lipinski definition) is 0. The first-order chi connectivity index (χ1) is 12.9. The minimum atomic E-state index is -2.33. The molecule has 0 bridgehead atoms. The lowest BCUT2D eigenvalue weighted by molar-refractivity contribution is -0.870. The Morgan fingerprint density at radius 3 is 1.14 bits per heavy atom. The maximum atomic E-state index is 8.33. The van der Waals surface area contributed by atoms with E-state index in [-0.39, 0.29) is 0 Å². The molecule has 0 N–H and O–H groups in total. The van der Waals surface area contributed by atoms with Crippen LogP contribution in [-0.2, 0) is 9.47 Å². The second-order valence-electron chi connectivity index (χ2n) is 8.92. The molecule has 0 aliphatic heterocycles. The fourth-order valence-corrected chi connectivity index (χ4v) is 1.79. The lowest BCUT2D eigenvalue weighted by Gasteiger charge is -2.23. The molecular weight excluding hydrogens is 360 g/mol. The Morgan fingerprint density at radius 1 is 0.643 bits per heavy atom. The molecule has 0 atom stereocenters. The molecule has 172 valence electrons. The Balaban J connectivity index is -0.000000375. The molecule has 0 aliphatic carbocycles. The highest BCUT2D eigenvalue weighted by Crippen LogP contribution is 1.96. The summed E-state index contributed by atoms with van der Waals surface area (Å²) < 4.78 is 13.0. The summed E-state index contributed by atoms with van der Waals surface area (Å²) in [4.78, 5) is 8.33. The molecule has 0 aromatic heterocycles. The van der Waals surface area contributed by atoms with Crippen molar-refractivity contribution in [3.05, 3.63) is 0 Å². The van der Waals surface area contributed by atoms with Crippen molar-refractivity contribution in [2.75, 3.05) is 81.8 Å². The van der Waals surface area contributed by atoms with Crippen LogP contribution in [-0.4, -0.2) is 96.9 Å². The highest BCUT2D eigenvalue weighted by atomic mass is 16.6.